The summed E-state index contributed by atoms with van der Waals surface area (Å²) >= 11 is 0. The smallest absolute Gasteiger partial charge is 0.232 e. The molecule has 0 bridgehead atoms. The molecular weight excluding hydrogens is 394 g/mol. The number of anilines is 2. The average Bonchev–Trinajstić information content (AvgIpc) is 2.78. The Hall–Kier alpha value is -3.59. The van der Waals surface area contributed by atoms with Crippen LogP contribution >= 0.6 is 0 Å². The Morgan fingerprint density at radius 1 is 1.10 bits per heavy atom. The van der Waals surface area contributed by atoms with Crippen LogP contribution in [0.15, 0.2) is 43.0 Å². The fourth-order valence-corrected chi connectivity index (χ4v) is 3.66. The fourth-order valence-electron chi connectivity index (χ4n) is 3.66. The van der Waals surface area contributed by atoms with E-state index in [4.69, 9.17) is 20.6 Å². The van der Waals surface area contributed by atoms with Crippen LogP contribution in [-0.2, 0) is 4.74 Å². The highest BCUT2D eigenvalue weighted by atomic mass is 16.5. The summed E-state index contributed by atoms with van der Waals surface area (Å²) in [6.45, 7) is 5.56. The second-order valence-electron chi connectivity index (χ2n) is 7.54. The Bertz CT molecular complexity index is 1080. The van der Waals surface area contributed by atoms with Crippen LogP contribution in [0.25, 0.3) is 11.3 Å². The quantitative estimate of drug-likeness (QED) is 0.478. The molecule has 0 radical (unpaired) electrons. The van der Waals surface area contributed by atoms with Gasteiger partial charge in [-0.1, -0.05) is 6.07 Å². The van der Waals surface area contributed by atoms with Gasteiger partial charge in [0.05, 0.1) is 48.8 Å². The lowest BCUT2D eigenvalue weighted by atomic mass is 10.0. The molecule has 0 spiro atoms. The molecule has 2 unspecified atom stereocenters. The first-order chi connectivity index (χ1) is 14.9. The third kappa shape index (κ3) is 4.46. The van der Waals surface area contributed by atoms with Crippen molar-refractivity contribution in [1.29, 1.82) is 5.41 Å². The Morgan fingerprint density at radius 3 is 2.55 bits per heavy atom. The molecule has 3 aromatic rings. The van der Waals surface area contributed by atoms with Crippen LogP contribution in [0.5, 0.6) is 5.88 Å². The normalized spacial score (nSPS) is 18.6. The molecule has 3 heterocycles. The van der Waals surface area contributed by atoms with Gasteiger partial charge in [-0.15, -0.1) is 0 Å². The highest BCUT2D eigenvalue weighted by Crippen LogP contribution is 2.25. The number of hydrogen-bond donors (Lipinski definition) is 2. The number of ether oxygens (including phenoxy) is 2. The number of nitrogen functional groups attached to an aromatic ring is 1. The summed E-state index contributed by atoms with van der Waals surface area (Å²) in [7, 11) is 1.54. The first kappa shape index (κ1) is 20.7. The minimum Gasteiger partial charge on any atom is -0.480 e. The Balaban J connectivity index is 1.63. The van der Waals surface area contributed by atoms with Crippen LogP contribution in [0, 0.1) is 5.41 Å². The molecule has 1 aliphatic heterocycles. The number of nitrogens with two attached hydrogens (primary N) is 1. The van der Waals surface area contributed by atoms with E-state index in [1.807, 2.05) is 32.0 Å². The molecule has 9 heteroatoms. The van der Waals surface area contributed by atoms with E-state index in [-0.39, 0.29) is 17.9 Å². The van der Waals surface area contributed by atoms with Crippen molar-refractivity contribution >= 4 is 17.2 Å². The van der Waals surface area contributed by atoms with Gasteiger partial charge < -0.3 is 20.1 Å². The van der Waals surface area contributed by atoms with Gasteiger partial charge in [-0.25, -0.2) is 19.9 Å². The van der Waals surface area contributed by atoms with E-state index in [0.717, 1.165) is 24.5 Å². The summed E-state index contributed by atoms with van der Waals surface area (Å²) in [5, 5.41) is 8.76. The van der Waals surface area contributed by atoms with Crippen molar-refractivity contribution in [2.45, 2.75) is 26.1 Å². The molecule has 2 atom stereocenters. The summed E-state index contributed by atoms with van der Waals surface area (Å²) in [4.78, 5) is 19.5. The van der Waals surface area contributed by atoms with Gasteiger partial charge in [0.15, 0.2) is 0 Å². The lowest BCUT2D eigenvalue weighted by Gasteiger charge is -2.36. The maximum absolute atomic E-state index is 8.76. The molecule has 1 fully saturated rings. The molecule has 2 aromatic heterocycles. The van der Waals surface area contributed by atoms with Gasteiger partial charge >= 0.3 is 0 Å². The SMILES string of the molecule is COc1cnc(-c2ccc(N)c(C(=N)c3cc(N4CC(C)OC(C)C4)ncn3)c2)cn1. The Kier molecular flexibility index (Phi) is 5.77. The maximum atomic E-state index is 8.76. The van der Waals surface area contributed by atoms with Crippen LogP contribution in [0.1, 0.15) is 25.1 Å². The maximum Gasteiger partial charge on any atom is 0.232 e. The van der Waals surface area contributed by atoms with E-state index in [9.17, 15) is 0 Å². The van der Waals surface area contributed by atoms with Crippen LogP contribution in [-0.4, -0.2) is 58.1 Å². The molecule has 0 amide bonds. The van der Waals surface area contributed by atoms with Gasteiger partial charge in [0, 0.05) is 36.0 Å². The van der Waals surface area contributed by atoms with E-state index in [2.05, 4.69) is 24.8 Å². The van der Waals surface area contributed by atoms with Crippen molar-refractivity contribution < 1.29 is 9.47 Å². The number of benzene rings is 1. The van der Waals surface area contributed by atoms with Gasteiger partial charge in [0.1, 0.15) is 12.1 Å². The van der Waals surface area contributed by atoms with Gasteiger partial charge in [-0.05, 0) is 26.0 Å². The van der Waals surface area contributed by atoms with Gasteiger partial charge in [-0.2, -0.15) is 0 Å². The number of rotatable bonds is 5. The van der Waals surface area contributed by atoms with Crippen molar-refractivity contribution in [2.24, 2.45) is 0 Å². The summed E-state index contributed by atoms with van der Waals surface area (Å²) in [5.41, 5.74) is 9.45. The highest BCUT2D eigenvalue weighted by Gasteiger charge is 2.24. The molecular formula is C22H25N7O2. The van der Waals surface area contributed by atoms with Crippen molar-refractivity contribution in [3.63, 3.8) is 0 Å². The number of morpholine rings is 1. The Labute approximate surface area is 180 Å². The predicted octanol–water partition coefficient (Wildman–Crippen LogP) is 2.55. The molecule has 1 aliphatic rings. The predicted molar refractivity (Wildman–Crippen MR) is 119 cm³/mol. The van der Waals surface area contributed by atoms with E-state index < -0.39 is 0 Å². The monoisotopic (exact) mass is 419 g/mol. The highest BCUT2D eigenvalue weighted by molar-refractivity contribution is 6.13. The number of hydrogen-bond acceptors (Lipinski definition) is 9. The van der Waals surface area contributed by atoms with E-state index in [0.29, 0.717) is 28.5 Å². The minimum atomic E-state index is 0.111. The van der Waals surface area contributed by atoms with Crippen molar-refractivity contribution in [3.05, 3.63) is 54.2 Å². The summed E-state index contributed by atoms with van der Waals surface area (Å²) in [5.74, 6) is 1.21. The van der Waals surface area contributed by atoms with Crippen molar-refractivity contribution in [2.75, 3.05) is 30.8 Å². The third-order valence-electron chi connectivity index (χ3n) is 5.11. The molecule has 1 aromatic carbocycles. The minimum absolute atomic E-state index is 0.111. The molecule has 3 N–H and O–H groups in total. The molecule has 1 saturated heterocycles. The Morgan fingerprint density at radius 2 is 1.87 bits per heavy atom. The third-order valence-corrected chi connectivity index (χ3v) is 5.11. The lowest BCUT2D eigenvalue weighted by Crippen LogP contribution is -2.45. The van der Waals surface area contributed by atoms with Crippen LogP contribution in [0.2, 0.25) is 0 Å². The number of aromatic nitrogens is 4. The molecule has 31 heavy (non-hydrogen) atoms. The van der Waals surface area contributed by atoms with E-state index >= 15 is 0 Å². The van der Waals surface area contributed by atoms with Gasteiger partial charge in [0.2, 0.25) is 5.88 Å². The molecule has 160 valence electrons. The van der Waals surface area contributed by atoms with Crippen LogP contribution in [0.4, 0.5) is 11.5 Å². The summed E-state index contributed by atoms with van der Waals surface area (Å²) in [6, 6.07) is 7.27. The number of methoxy groups -OCH3 is 1. The second-order valence-corrected chi connectivity index (χ2v) is 7.54. The second kappa shape index (κ2) is 8.65. The number of nitrogens with zero attached hydrogens (tertiary/aromatic N) is 5. The molecule has 4 rings (SSSR count). The van der Waals surface area contributed by atoms with Crippen molar-refractivity contribution in [3.8, 4) is 17.1 Å². The van der Waals surface area contributed by atoms with Crippen molar-refractivity contribution in [1.82, 2.24) is 19.9 Å². The average molecular weight is 419 g/mol. The van der Waals surface area contributed by atoms with Crippen LogP contribution in [0.3, 0.4) is 0 Å². The summed E-state index contributed by atoms with van der Waals surface area (Å²) < 4.78 is 10.9. The standard InChI is InChI=1S/C22H25N7O2/c1-13-10-29(11-14(2)31-13)20-7-18(27-12-28-20)22(24)16-6-15(4-5-17(16)23)19-8-26-21(30-3)9-25-19/h4-9,12-14,24H,10-11,23H2,1-3H3. The van der Waals surface area contributed by atoms with Gasteiger partial charge in [-0.3, -0.25) is 5.41 Å². The topological polar surface area (TPSA) is 123 Å². The lowest BCUT2D eigenvalue weighted by molar-refractivity contribution is -0.00546. The van der Waals surface area contributed by atoms with E-state index in [1.165, 1.54) is 6.33 Å². The molecule has 9 nitrogen and oxygen atoms in total. The first-order valence-electron chi connectivity index (χ1n) is 10.0. The zero-order valence-corrected chi connectivity index (χ0v) is 17.7. The van der Waals surface area contributed by atoms with Crippen LogP contribution < -0.4 is 15.4 Å². The largest absolute Gasteiger partial charge is 0.480 e. The molecule has 0 aliphatic carbocycles. The molecule has 0 saturated carbocycles. The van der Waals surface area contributed by atoms with Gasteiger partial charge in [0.25, 0.3) is 0 Å². The fraction of sp³-hybridized carbons (Fsp3) is 0.318. The summed E-state index contributed by atoms with van der Waals surface area (Å²) in [6.07, 6.45) is 4.89. The zero-order valence-electron chi connectivity index (χ0n) is 17.7. The first-order valence-corrected chi connectivity index (χ1v) is 10.0. The van der Waals surface area contributed by atoms with E-state index in [1.54, 1.807) is 25.6 Å². The number of nitrogens with one attached hydrogen (secondary N) is 1. The zero-order chi connectivity index (χ0) is 22.0.